The van der Waals surface area contributed by atoms with Crippen molar-refractivity contribution >= 4 is 31.6 Å². The van der Waals surface area contributed by atoms with Crippen LogP contribution in [0.1, 0.15) is 12.8 Å². The standard InChI is InChI=1S/C13H17BrN2O4S/c14-11-9-10(15)1-2-12(11)21(17,18)16-5-3-13(4-6-16)19-7-8-20-13/h1-2,9H,3-8,15H2. The molecule has 116 valence electrons. The Bertz CT molecular complexity index is 634. The number of ether oxygens (including phenoxy) is 2. The van der Waals surface area contributed by atoms with Crippen molar-refractivity contribution in [1.29, 1.82) is 0 Å². The fraction of sp³-hybridized carbons (Fsp3) is 0.538. The number of anilines is 1. The molecule has 0 aromatic heterocycles. The van der Waals surface area contributed by atoms with E-state index in [0.29, 0.717) is 49.3 Å². The van der Waals surface area contributed by atoms with E-state index in [2.05, 4.69) is 15.9 Å². The van der Waals surface area contributed by atoms with Crippen LogP contribution in [0.5, 0.6) is 0 Å². The van der Waals surface area contributed by atoms with Crippen LogP contribution in [0.15, 0.2) is 27.6 Å². The number of benzene rings is 1. The molecule has 6 nitrogen and oxygen atoms in total. The molecule has 2 heterocycles. The minimum Gasteiger partial charge on any atom is -0.399 e. The first-order chi connectivity index (χ1) is 9.93. The van der Waals surface area contributed by atoms with Gasteiger partial charge in [0.05, 0.1) is 18.1 Å². The highest BCUT2D eigenvalue weighted by Crippen LogP contribution is 2.34. The molecular formula is C13H17BrN2O4S. The highest BCUT2D eigenvalue weighted by Gasteiger charge is 2.42. The molecule has 21 heavy (non-hydrogen) atoms. The van der Waals surface area contributed by atoms with Gasteiger partial charge in [-0.05, 0) is 34.1 Å². The Morgan fingerprint density at radius 1 is 1.19 bits per heavy atom. The first kappa shape index (κ1) is 15.2. The van der Waals surface area contributed by atoms with Crippen LogP contribution in [-0.4, -0.2) is 44.8 Å². The van der Waals surface area contributed by atoms with Gasteiger partial charge in [0.25, 0.3) is 0 Å². The molecule has 0 unspecified atom stereocenters. The van der Waals surface area contributed by atoms with E-state index in [1.165, 1.54) is 10.4 Å². The van der Waals surface area contributed by atoms with Gasteiger partial charge < -0.3 is 15.2 Å². The maximum atomic E-state index is 12.7. The van der Waals surface area contributed by atoms with E-state index in [1.807, 2.05) is 0 Å². The first-order valence-electron chi connectivity index (χ1n) is 6.76. The minimum atomic E-state index is -3.54. The lowest BCUT2D eigenvalue weighted by Crippen LogP contribution is -2.47. The molecule has 2 aliphatic heterocycles. The molecule has 0 atom stereocenters. The number of rotatable bonds is 2. The molecule has 2 saturated heterocycles. The summed E-state index contributed by atoms with van der Waals surface area (Å²) in [5.74, 6) is -0.579. The number of nitrogens with two attached hydrogens (primary N) is 1. The Hall–Kier alpha value is -0.670. The van der Waals surface area contributed by atoms with Gasteiger partial charge in [0.2, 0.25) is 10.0 Å². The van der Waals surface area contributed by atoms with Crippen molar-refractivity contribution in [3.05, 3.63) is 22.7 Å². The van der Waals surface area contributed by atoms with Crippen LogP contribution >= 0.6 is 15.9 Å². The molecule has 0 aliphatic carbocycles. The zero-order valence-corrected chi connectivity index (χ0v) is 13.8. The SMILES string of the molecule is Nc1ccc(S(=O)(=O)N2CCC3(CC2)OCCO3)c(Br)c1. The van der Waals surface area contributed by atoms with Crippen molar-refractivity contribution in [3.63, 3.8) is 0 Å². The van der Waals surface area contributed by atoms with Crippen molar-refractivity contribution in [2.24, 2.45) is 0 Å². The first-order valence-corrected chi connectivity index (χ1v) is 8.99. The van der Waals surface area contributed by atoms with Crippen LogP contribution in [0, 0.1) is 0 Å². The number of hydrogen-bond acceptors (Lipinski definition) is 5. The second-order valence-electron chi connectivity index (χ2n) is 5.20. The summed E-state index contributed by atoms with van der Waals surface area (Å²) >= 11 is 3.27. The predicted molar refractivity (Wildman–Crippen MR) is 81.2 cm³/mol. The lowest BCUT2D eigenvalue weighted by molar-refractivity contribution is -0.179. The smallest absolute Gasteiger partial charge is 0.244 e. The number of hydrogen-bond donors (Lipinski definition) is 1. The van der Waals surface area contributed by atoms with E-state index in [4.69, 9.17) is 15.2 Å². The third kappa shape index (κ3) is 2.83. The van der Waals surface area contributed by atoms with Gasteiger partial charge in [-0.2, -0.15) is 4.31 Å². The Morgan fingerprint density at radius 3 is 2.38 bits per heavy atom. The van der Waals surface area contributed by atoms with Crippen molar-refractivity contribution < 1.29 is 17.9 Å². The topological polar surface area (TPSA) is 81.9 Å². The van der Waals surface area contributed by atoms with Gasteiger partial charge in [-0.3, -0.25) is 0 Å². The quantitative estimate of drug-likeness (QED) is 0.791. The van der Waals surface area contributed by atoms with Crippen LogP contribution in [-0.2, 0) is 19.5 Å². The van der Waals surface area contributed by atoms with Crippen molar-refractivity contribution in [3.8, 4) is 0 Å². The van der Waals surface area contributed by atoms with Gasteiger partial charge in [0.1, 0.15) is 0 Å². The molecule has 0 bridgehead atoms. The Balaban J connectivity index is 1.80. The third-order valence-electron chi connectivity index (χ3n) is 3.87. The third-order valence-corrected chi connectivity index (χ3v) is 6.75. The second-order valence-corrected chi connectivity index (χ2v) is 7.96. The Kier molecular flexibility index (Phi) is 4.00. The number of piperidine rings is 1. The molecule has 8 heteroatoms. The normalized spacial score (nSPS) is 22.7. The summed E-state index contributed by atoms with van der Waals surface area (Å²) in [6, 6.07) is 4.72. The van der Waals surface area contributed by atoms with Gasteiger partial charge in [-0.25, -0.2) is 8.42 Å². The van der Waals surface area contributed by atoms with Crippen LogP contribution < -0.4 is 5.73 Å². The van der Waals surface area contributed by atoms with E-state index in [-0.39, 0.29) is 4.90 Å². The fourth-order valence-electron chi connectivity index (χ4n) is 2.72. The zero-order valence-electron chi connectivity index (χ0n) is 11.4. The molecule has 3 rings (SSSR count). The minimum absolute atomic E-state index is 0.237. The molecule has 1 spiro atoms. The van der Waals surface area contributed by atoms with Crippen molar-refractivity contribution in [2.45, 2.75) is 23.5 Å². The van der Waals surface area contributed by atoms with Crippen LogP contribution in [0.2, 0.25) is 0 Å². The fourth-order valence-corrected chi connectivity index (χ4v) is 5.22. The largest absolute Gasteiger partial charge is 0.399 e. The summed E-state index contributed by atoms with van der Waals surface area (Å²) in [5, 5.41) is 0. The molecule has 2 N–H and O–H groups in total. The molecule has 2 fully saturated rings. The predicted octanol–water partition coefficient (Wildman–Crippen LogP) is 1.56. The maximum Gasteiger partial charge on any atom is 0.244 e. The summed E-state index contributed by atoms with van der Waals surface area (Å²) in [7, 11) is -3.54. The molecule has 0 amide bonds. The van der Waals surface area contributed by atoms with Crippen LogP contribution in [0.4, 0.5) is 5.69 Å². The van der Waals surface area contributed by atoms with E-state index < -0.39 is 15.8 Å². The molecule has 0 radical (unpaired) electrons. The zero-order chi connectivity index (χ0) is 15.1. The van der Waals surface area contributed by atoms with Gasteiger partial charge in [0, 0.05) is 36.1 Å². The number of nitrogens with zero attached hydrogens (tertiary/aromatic N) is 1. The monoisotopic (exact) mass is 376 g/mol. The molecule has 0 saturated carbocycles. The second kappa shape index (κ2) is 5.51. The Morgan fingerprint density at radius 2 is 1.81 bits per heavy atom. The highest BCUT2D eigenvalue weighted by atomic mass is 79.9. The van der Waals surface area contributed by atoms with Crippen molar-refractivity contribution in [2.75, 3.05) is 32.0 Å². The van der Waals surface area contributed by atoms with E-state index in [9.17, 15) is 8.42 Å². The molecule has 1 aromatic rings. The van der Waals surface area contributed by atoms with Gasteiger partial charge in [-0.15, -0.1) is 0 Å². The summed E-state index contributed by atoms with van der Waals surface area (Å²) in [5.41, 5.74) is 6.18. The lowest BCUT2D eigenvalue weighted by atomic mass is 10.1. The lowest BCUT2D eigenvalue weighted by Gasteiger charge is -2.36. The average Bonchev–Trinajstić information content (AvgIpc) is 2.87. The van der Waals surface area contributed by atoms with E-state index >= 15 is 0 Å². The van der Waals surface area contributed by atoms with Crippen LogP contribution in [0.25, 0.3) is 0 Å². The van der Waals surface area contributed by atoms with Crippen molar-refractivity contribution in [1.82, 2.24) is 4.31 Å². The Labute approximate surface area is 132 Å². The van der Waals surface area contributed by atoms with Gasteiger partial charge in [-0.1, -0.05) is 0 Å². The number of sulfonamides is 1. The molecular weight excluding hydrogens is 360 g/mol. The van der Waals surface area contributed by atoms with E-state index in [1.54, 1.807) is 12.1 Å². The van der Waals surface area contributed by atoms with E-state index in [0.717, 1.165) is 0 Å². The summed E-state index contributed by atoms with van der Waals surface area (Å²) in [6.45, 7) is 1.94. The molecule has 2 aliphatic rings. The summed E-state index contributed by atoms with van der Waals surface area (Å²) in [4.78, 5) is 0.237. The number of halogens is 1. The maximum absolute atomic E-state index is 12.7. The molecule has 1 aromatic carbocycles. The highest BCUT2D eigenvalue weighted by molar-refractivity contribution is 9.10. The van der Waals surface area contributed by atoms with Crippen LogP contribution in [0.3, 0.4) is 0 Å². The summed E-state index contributed by atoms with van der Waals surface area (Å²) in [6.07, 6.45) is 1.11. The summed E-state index contributed by atoms with van der Waals surface area (Å²) < 4.78 is 38.6. The van der Waals surface area contributed by atoms with Gasteiger partial charge in [0.15, 0.2) is 5.79 Å². The number of nitrogen functional groups attached to an aromatic ring is 1. The van der Waals surface area contributed by atoms with Gasteiger partial charge >= 0.3 is 0 Å². The average molecular weight is 377 g/mol.